The molecule has 6 nitrogen and oxygen atoms in total. The quantitative estimate of drug-likeness (QED) is 0.890. The van der Waals surface area contributed by atoms with E-state index in [-0.39, 0.29) is 17.2 Å². The predicted octanol–water partition coefficient (Wildman–Crippen LogP) is 0.946. The molecule has 1 saturated heterocycles. The Morgan fingerprint density at radius 3 is 2.85 bits per heavy atom. The van der Waals surface area contributed by atoms with E-state index in [0.29, 0.717) is 19.1 Å². The molecule has 0 radical (unpaired) electrons. The first-order valence-corrected chi connectivity index (χ1v) is 6.72. The molecule has 0 aliphatic carbocycles. The minimum Gasteiger partial charge on any atom is -0.478 e. The number of carboxylic acids is 1. The van der Waals surface area contributed by atoms with Crippen LogP contribution in [0.1, 0.15) is 34.2 Å². The Bertz CT molecular complexity index is 518. The van der Waals surface area contributed by atoms with Crippen molar-refractivity contribution in [2.24, 2.45) is 0 Å². The molecule has 6 heteroatoms. The van der Waals surface area contributed by atoms with Crippen LogP contribution in [0.25, 0.3) is 0 Å². The number of amides is 1. The fourth-order valence-corrected chi connectivity index (χ4v) is 2.47. The lowest BCUT2D eigenvalue weighted by Crippen LogP contribution is -2.53. The van der Waals surface area contributed by atoms with Crippen LogP contribution < -0.4 is 0 Å². The van der Waals surface area contributed by atoms with Crippen LogP contribution in [0.2, 0.25) is 0 Å². The van der Waals surface area contributed by atoms with E-state index >= 15 is 0 Å². The van der Waals surface area contributed by atoms with Gasteiger partial charge in [0.2, 0.25) is 0 Å². The van der Waals surface area contributed by atoms with Gasteiger partial charge >= 0.3 is 5.97 Å². The number of carbonyl (C=O) groups excluding carboxylic acids is 1. The lowest BCUT2D eigenvalue weighted by Gasteiger charge is -2.39. The molecular weight excluding hydrogens is 258 g/mol. The van der Waals surface area contributed by atoms with Crippen molar-refractivity contribution in [3.05, 3.63) is 29.6 Å². The minimum absolute atomic E-state index is 0.0272. The van der Waals surface area contributed by atoms with Crippen LogP contribution in [0.4, 0.5) is 0 Å². The third-order valence-electron chi connectivity index (χ3n) is 3.78. The Balaban J connectivity index is 2.22. The van der Waals surface area contributed by atoms with Gasteiger partial charge in [-0.25, -0.2) is 4.79 Å². The minimum atomic E-state index is -1.12. The maximum Gasteiger partial charge on any atom is 0.338 e. The van der Waals surface area contributed by atoms with Gasteiger partial charge in [0.15, 0.2) is 0 Å². The van der Waals surface area contributed by atoms with Crippen molar-refractivity contribution in [1.82, 2.24) is 14.8 Å². The second-order valence-electron chi connectivity index (χ2n) is 5.00. The summed E-state index contributed by atoms with van der Waals surface area (Å²) in [6.45, 7) is 4.08. The molecule has 108 valence electrons. The molecule has 0 saturated carbocycles. The summed E-state index contributed by atoms with van der Waals surface area (Å²) in [5.41, 5.74) is -0.0103. The van der Waals surface area contributed by atoms with Crippen molar-refractivity contribution in [2.75, 3.05) is 26.7 Å². The average molecular weight is 277 g/mol. The highest BCUT2D eigenvalue weighted by Crippen LogP contribution is 2.15. The lowest BCUT2D eigenvalue weighted by atomic mass is 10.1. The Kier molecular flexibility index (Phi) is 4.34. The molecule has 1 aromatic rings. The van der Waals surface area contributed by atoms with Crippen molar-refractivity contribution < 1.29 is 14.7 Å². The zero-order chi connectivity index (χ0) is 14.7. The topological polar surface area (TPSA) is 73.7 Å². The maximum absolute atomic E-state index is 12.5. The highest BCUT2D eigenvalue weighted by molar-refractivity contribution is 6.03. The first-order chi connectivity index (χ1) is 9.54. The Morgan fingerprint density at radius 2 is 2.20 bits per heavy atom. The first kappa shape index (κ1) is 14.5. The molecule has 1 aliphatic rings. The standard InChI is InChI=1S/C14H19N3O3/c1-3-10-9-17(8-7-16(10)2)13(18)12-11(14(19)20)5-4-6-15-12/h4-6,10H,3,7-9H2,1-2H3,(H,19,20). The molecule has 0 aromatic carbocycles. The second-order valence-corrected chi connectivity index (χ2v) is 5.00. The zero-order valence-corrected chi connectivity index (χ0v) is 11.7. The Hall–Kier alpha value is -1.95. The van der Waals surface area contributed by atoms with E-state index in [0.717, 1.165) is 13.0 Å². The Morgan fingerprint density at radius 1 is 1.45 bits per heavy atom. The van der Waals surface area contributed by atoms with Crippen molar-refractivity contribution in [2.45, 2.75) is 19.4 Å². The van der Waals surface area contributed by atoms with Crippen molar-refractivity contribution in [3.63, 3.8) is 0 Å². The number of likely N-dealkylation sites (N-methyl/N-ethyl adjacent to an activating group) is 1. The number of hydrogen-bond donors (Lipinski definition) is 1. The van der Waals surface area contributed by atoms with Crippen LogP contribution in [0, 0.1) is 0 Å². The fraction of sp³-hybridized carbons (Fsp3) is 0.500. The summed E-state index contributed by atoms with van der Waals surface area (Å²) in [5, 5.41) is 9.13. The van der Waals surface area contributed by atoms with Gasteiger partial charge in [-0.3, -0.25) is 14.7 Å². The maximum atomic E-state index is 12.5. The van der Waals surface area contributed by atoms with E-state index in [1.165, 1.54) is 18.3 Å². The van der Waals surface area contributed by atoms with Gasteiger partial charge in [-0.05, 0) is 25.6 Å². The Labute approximate surface area is 118 Å². The number of aromatic carboxylic acids is 1. The highest BCUT2D eigenvalue weighted by atomic mass is 16.4. The van der Waals surface area contributed by atoms with Gasteiger partial charge in [-0.1, -0.05) is 6.92 Å². The predicted molar refractivity (Wildman–Crippen MR) is 73.8 cm³/mol. The van der Waals surface area contributed by atoms with Crippen LogP contribution in [-0.2, 0) is 0 Å². The van der Waals surface area contributed by atoms with E-state index in [4.69, 9.17) is 5.11 Å². The van der Waals surface area contributed by atoms with E-state index in [1.807, 2.05) is 7.05 Å². The largest absolute Gasteiger partial charge is 0.478 e. The SMILES string of the molecule is CCC1CN(C(=O)c2ncccc2C(=O)O)CCN1C. The molecule has 1 aromatic heterocycles. The molecule has 1 unspecified atom stereocenters. The number of piperazine rings is 1. The molecule has 1 atom stereocenters. The lowest BCUT2D eigenvalue weighted by molar-refractivity contribution is 0.0526. The molecule has 1 N–H and O–H groups in total. The molecule has 1 amide bonds. The first-order valence-electron chi connectivity index (χ1n) is 6.72. The van der Waals surface area contributed by atoms with E-state index < -0.39 is 5.97 Å². The van der Waals surface area contributed by atoms with Crippen molar-refractivity contribution in [1.29, 1.82) is 0 Å². The van der Waals surface area contributed by atoms with Gasteiger partial charge in [0.05, 0.1) is 5.56 Å². The summed E-state index contributed by atoms with van der Waals surface area (Å²) in [6, 6.07) is 3.25. The van der Waals surface area contributed by atoms with Crippen LogP contribution in [0.5, 0.6) is 0 Å². The molecule has 1 fully saturated rings. The summed E-state index contributed by atoms with van der Waals surface area (Å²) < 4.78 is 0. The van der Waals surface area contributed by atoms with Crippen LogP contribution in [-0.4, -0.2) is 64.5 Å². The summed E-state index contributed by atoms with van der Waals surface area (Å²) >= 11 is 0. The summed E-state index contributed by atoms with van der Waals surface area (Å²) in [4.78, 5) is 31.5. The molecular formula is C14H19N3O3. The van der Waals surface area contributed by atoms with E-state index in [1.54, 1.807) is 4.90 Å². The molecule has 2 heterocycles. The number of pyridine rings is 1. The highest BCUT2D eigenvalue weighted by Gasteiger charge is 2.29. The molecule has 0 bridgehead atoms. The zero-order valence-electron chi connectivity index (χ0n) is 11.7. The number of rotatable bonds is 3. The number of aromatic nitrogens is 1. The second kappa shape index (κ2) is 6.00. The number of hydrogen-bond acceptors (Lipinski definition) is 4. The fourth-order valence-electron chi connectivity index (χ4n) is 2.47. The summed E-state index contributed by atoms with van der Waals surface area (Å²) in [6.07, 6.45) is 2.40. The summed E-state index contributed by atoms with van der Waals surface area (Å²) in [5.74, 6) is -1.42. The molecule has 20 heavy (non-hydrogen) atoms. The number of nitrogens with zero attached hydrogens (tertiary/aromatic N) is 3. The number of carbonyl (C=O) groups is 2. The number of carboxylic acid groups (broad SMARTS) is 1. The van der Waals surface area contributed by atoms with Crippen molar-refractivity contribution in [3.8, 4) is 0 Å². The van der Waals surface area contributed by atoms with Crippen LogP contribution in [0.3, 0.4) is 0 Å². The molecule has 1 aliphatic heterocycles. The molecule has 2 rings (SSSR count). The van der Waals surface area contributed by atoms with Gasteiger partial charge in [-0.2, -0.15) is 0 Å². The third kappa shape index (κ3) is 2.80. The normalized spacial score (nSPS) is 19.9. The van der Waals surface area contributed by atoms with Gasteiger partial charge < -0.3 is 10.0 Å². The smallest absolute Gasteiger partial charge is 0.338 e. The van der Waals surface area contributed by atoms with Gasteiger partial charge in [0.25, 0.3) is 5.91 Å². The van der Waals surface area contributed by atoms with Crippen LogP contribution >= 0.6 is 0 Å². The average Bonchev–Trinajstić information content (AvgIpc) is 2.47. The van der Waals surface area contributed by atoms with Crippen LogP contribution in [0.15, 0.2) is 18.3 Å². The summed E-state index contributed by atoms with van der Waals surface area (Å²) in [7, 11) is 2.04. The third-order valence-corrected chi connectivity index (χ3v) is 3.78. The molecule has 0 spiro atoms. The van der Waals surface area contributed by atoms with Gasteiger partial charge in [-0.15, -0.1) is 0 Å². The van der Waals surface area contributed by atoms with Gasteiger partial charge in [0, 0.05) is 31.9 Å². The van der Waals surface area contributed by atoms with E-state index in [2.05, 4.69) is 16.8 Å². The van der Waals surface area contributed by atoms with Crippen molar-refractivity contribution >= 4 is 11.9 Å². The van der Waals surface area contributed by atoms with E-state index in [9.17, 15) is 9.59 Å². The van der Waals surface area contributed by atoms with Gasteiger partial charge in [0.1, 0.15) is 5.69 Å². The monoisotopic (exact) mass is 277 g/mol.